The summed E-state index contributed by atoms with van der Waals surface area (Å²) in [5.74, 6) is 1.13. The zero-order valence-corrected chi connectivity index (χ0v) is 18.7. The minimum Gasteiger partial charge on any atom is -0.356 e. The molecule has 0 bridgehead atoms. The van der Waals surface area contributed by atoms with Crippen molar-refractivity contribution in [2.75, 3.05) is 53.4 Å². The summed E-state index contributed by atoms with van der Waals surface area (Å²) in [4.78, 5) is 9.15. The van der Waals surface area contributed by atoms with E-state index in [0.29, 0.717) is 18.0 Å². The van der Waals surface area contributed by atoms with Gasteiger partial charge < -0.3 is 20.4 Å². The van der Waals surface area contributed by atoms with Crippen LogP contribution < -0.4 is 10.6 Å². The minimum absolute atomic E-state index is 0. The van der Waals surface area contributed by atoms with Crippen LogP contribution in [0.1, 0.15) is 18.1 Å². The number of piperazine rings is 1. The van der Waals surface area contributed by atoms with Gasteiger partial charge in [-0.25, -0.2) is 4.39 Å². The minimum atomic E-state index is -0.164. The molecule has 2 N–H and O–H groups in total. The van der Waals surface area contributed by atoms with Crippen LogP contribution in [0.25, 0.3) is 0 Å². The first kappa shape index (κ1) is 23.1. The number of rotatable bonds is 6. The maximum Gasteiger partial charge on any atom is 0.191 e. The Bertz CT molecular complexity index is 573. The molecule has 0 aromatic heterocycles. The van der Waals surface area contributed by atoms with Crippen LogP contribution in [0.2, 0.25) is 0 Å². The fourth-order valence-corrected chi connectivity index (χ4v) is 2.96. The number of guanidine groups is 1. The highest BCUT2D eigenvalue weighted by atomic mass is 127. The summed E-state index contributed by atoms with van der Waals surface area (Å²) >= 11 is 0. The van der Waals surface area contributed by atoms with Gasteiger partial charge in [0.15, 0.2) is 5.96 Å². The number of benzene rings is 1. The lowest BCUT2D eigenvalue weighted by Crippen LogP contribution is -2.47. The van der Waals surface area contributed by atoms with Crippen LogP contribution in [0.5, 0.6) is 0 Å². The van der Waals surface area contributed by atoms with E-state index in [-0.39, 0.29) is 29.8 Å². The monoisotopic (exact) mass is 477 g/mol. The summed E-state index contributed by atoms with van der Waals surface area (Å²) in [6.45, 7) is 11.1. The van der Waals surface area contributed by atoms with Gasteiger partial charge in [0.05, 0.1) is 0 Å². The van der Waals surface area contributed by atoms with Crippen molar-refractivity contribution in [2.24, 2.45) is 10.9 Å². The predicted octanol–water partition coefficient (Wildman–Crippen LogP) is 2.30. The van der Waals surface area contributed by atoms with Crippen molar-refractivity contribution in [1.29, 1.82) is 0 Å². The van der Waals surface area contributed by atoms with Gasteiger partial charge in [-0.1, -0.05) is 19.1 Å². The molecule has 1 atom stereocenters. The van der Waals surface area contributed by atoms with Crippen LogP contribution in [-0.4, -0.2) is 69.1 Å². The molecule has 1 fully saturated rings. The standard InChI is InChI=1S/C19H32FN5.HI/c1-15(14-25-9-7-24(4)8-10-25)12-22-19(21-3)23-13-17-6-5-16(2)18(20)11-17;/h5-6,11,15H,7-10,12-14H2,1-4H3,(H2,21,22,23);1H. The van der Waals surface area contributed by atoms with Crippen LogP contribution in [-0.2, 0) is 6.54 Å². The third-order valence-electron chi connectivity index (χ3n) is 4.70. The molecule has 1 heterocycles. The van der Waals surface area contributed by atoms with Crippen molar-refractivity contribution in [1.82, 2.24) is 20.4 Å². The molecule has 0 spiro atoms. The van der Waals surface area contributed by atoms with Gasteiger partial charge in [0.2, 0.25) is 0 Å². The number of hydrogen-bond donors (Lipinski definition) is 2. The Labute approximate surface area is 174 Å². The molecule has 7 heteroatoms. The van der Waals surface area contributed by atoms with Crippen LogP contribution >= 0.6 is 24.0 Å². The number of nitrogens with one attached hydrogen (secondary N) is 2. The summed E-state index contributed by atoms with van der Waals surface area (Å²) < 4.78 is 13.6. The van der Waals surface area contributed by atoms with Crippen molar-refractivity contribution in [3.8, 4) is 0 Å². The molecule has 1 aromatic carbocycles. The fraction of sp³-hybridized carbons (Fsp3) is 0.632. The van der Waals surface area contributed by atoms with Gasteiger partial charge in [0.1, 0.15) is 5.82 Å². The van der Waals surface area contributed by atoms with E-state index in [1.807, 2.05) is 6.07 Å². The second-order valence-electron chi connectivity index (χ2n) is 7.10. The van der Waals surface area contributed by atoms with Crippen LogP contribution in [0.15, 0.2) is 23.2 Å². The molecule has 1 aliphatic heterocycles. The van der Waals surface area contributed by atoms with Crippen molar-refractivity contribution in [3.63, 3.8) is 0 Å². The summed E-state index contributed by atoms with van der Waals surface area (Å²) in [6.07, 6.45) is 0. The SMILES string of the molecule is CN=C(NCc1ccc(C)c(F)c1)NCC(C)CN1CCN(C)CC1.I. The summed E-state index contributed by atoms with van der Waals surface area (Å²) in [5.41, 5.74) is 1.58. The van der Waals surface area contributed by atoms with Crippen LogP contribution in [0, 0.1) is 18.7 Å². The van der Waals surface area contributed by atoms with Gasteiger partial charge in [-0.2, -0.15) is 0 Å². The molecule has 5 nitrogen and oxygen atoms in total. The molecular weight excluding hydrogens is 444 g/mol. The third-order valence-corrected chi connectivity index (χ3v) is 4.70. The van der Waals surface area contributed by atoms with Crippen molar-refractivity contribution < 1.29 is 4.39 Å². The summed E-state index contributed by atoms with van der Waals surface area (Å²) in [7, 11) is 3.94. The van der Waals surface area contributed by atoms with E-state index in [4.69, 9.17) is 0 Å². The highest BCUT2D eigenvalue weighted by molar-refractivity contribution is 14.0. The Kier molecular flexibility index (Phi) is 10.4. The lowest BCUT2D eigenvalue weighted by Gasteiger charge is -2.34. The van der Waals surface area contributed by atoms with Gasteiger partial charge in [0, 0.05) is 52.9 Å². The second kappa shape index (κ2) is 11.7. The molecule has 1 aliphatic rings. The van der Waals surface area contributed by atoms with Gasteiger partial charge in [0.25, 0.3) is 0 Å². The van der Waals surface area contributed by atoms with Gasteiger partial charge in [-0.3, -0.25) is 4.99 Å². The van der Waals surface area contributed by atoms with E-state index in [1.165, 1.54) is 0 Å². The molecule has 148 valence electrons. The normalized spacial score (nSPS) is 17.5. The average Bonchev–Trinajstić information content (AvgIpc) is 2.60. The Morgan fingerprint density at radius 1 is 1.23 bits per heavy atom. The summed E-state index contributed by atoms with van der Waals surface area (Å²) in [5, 5.41) is 6.62. The number of halogens is 2. The first-order valence-corrected chi connectivity index (χ1v) is 9.08. The molecule has 0 radical (unpaired) electrons. The Hall–Kier alpha value is -0.930. The lowest BCUT2D eigenvalue weighted by molar-refractivity contribution is 0.139. The molecule has 1 aromatic rings. The maximum atomic E-state index is 13.6. The first-order valence-electron chi connectivity index (χ1n) is 9.08. The highest BCUT2D eigenvalue weighted by Crippen LogP contribution is 2.09. The van der Waals surface area contributed by atoms with Gasteiger partial charge in [-0.15, -0.1) is 24.0 Å². The molecule has 0 aliphatic carbocycles. The zero-order chi connectivity index (χ0) is 18.2. The number of aryl methyl sites for hydroxylation is 1. The molecule has 0 amide bonds. The molecule has 2 rings (SSSR count). The van der Waals surface area contributed by atoms with Crippen molar-refractivity contribution >= 4 is 29.9 Å². The average molecular weight is 477 g/mol. The number of likely N-dealkylation sites (N-methyl/N-ethyl adjacent to an activating group) is 1. The molecule has 1 unspecified atom stereocenters. The largest absolute Gasteiger partial charge is 0.356 e. The number of nitrogens with zero attached hydrogens (tertiary/aromatic N) is 3. The topological polar surface area (TPSA) is 42.9 Å². The molecule has 26 heavy (non-hydrogen) atoms. The van der Waals surface area contributed by atoms with Crippen molar-refractivity contribution in [2.45, 2.75) is 20.4 Å². The molecule has 1 saturated heterocycles. The fourth-order valence-electron chi connectivity index (χ4n) is 2.96. The van der Waals surface area contributed by atoms with E-state index in [9.17, 15) is 4.39 Å². The first-order chi connectivity index (χ1) is 12.0. The van der Waals surface area contributed by atoms with E-state index in [2.05, 4.69) is 39.4 Å². The highest BCUT2D eigenvalue weighted by Gasteiger charge is 2.16. The zero-order valence-electron chi connectivity index (χ0n) is 16.4. The van der Waals surface area contributed by atoms with Crippen LogP contribution in [0.3, 0.4) is 0 Å². The van der Waals surface area contributed by atoms with Gasteiger partial charge >= 0.3 is 0 Å². The van der Waals surface area contributed by atoms with Gasteiger partial charge in [-0.05, 0) is 37.1 Å². The number of aliphatic imine (C=N–C) groups is 1. The maximum absolute atomic E-state index is 13.6. The van der Waals surface area contributed by atoms with E-state index in [0.717, 1.165) is 50.8 Å². The Morgan fingerprint density at radius 2 is 1.92 bits per heavy atom. The lowest BCUT2D eigenvalue weighted by atomic mass is 10.1. The third kappa shape index (κ3) is 7.75. The Balaban J connectivity index is 0.00000338. The summed E-state index contributed by atoms with van der Waals surface area (Å²) in [6, 6.07) is 5.32. The quantitative estimate of drug-likeness (QED) is 0.375. The predicted molar refractivity (Wildman–Crippen MR) is 118 cm³/mol. The Morgan fingerprint density at radius 3 is 2.54 bits per heavy atom. The van der Waals surface area contributed by atoms with Crippen LogP contribution in [0.4, 0.5) is 4.39 Å². The van der Waals surface area contributed by atoms with E-state index >= 15 is 0 Å². The van der Waals surface area contributed by atoms with Crippen molar-refractivity contribution in [3.05, 3.63) is 35.1 Å². The molecular formula is C19H33FIN5. The number of hydrogen-bond acceptors (Lipinski definition) is 3. The van der Waals surface area contributed by atoms with E-state index < -0.39 is 0 Å². The second-order valence-corrected chi connectivity index (χ2v) is 7.10. The molecule has 0 saturated carbocycles. The van der Waals surface area contributed by atoms with E-state index in [1.54, 1.807) is 26.1 Å². The smallest absolute Gasteiger partial charge is 0.191 e.